The Balaban J connectivity index is 1.54. The maximum atomic E-state index is 13.6. The second-order valence-electron chi connectivity index (χ2n) is 9.65. The molecule has 0 saturated carbocycles. The number of hydrogen-bond donors (Lipinski definition) is 4. The molecular formula is C34H30ClN3O8S. The molecule has 3 amide bonds. The minimum atomic E-state index is -1.15. The average Bonchev–Trinajstić information content (AvgIpc) is 3.08. The maximum absolute atomic E-state index is 13.6. The van der Waals surface area contributed by atoms with E-state index in [1.54, 1.807) is 66.7 Å². The maximum Gasteiger partial charge on any atom is 0.335 e. The van der Waals surface area contributed by atoms with Gasteiger partial charge in [-0.05, 0) is 60.7 Å². The zero-order valence-electron chi connectivity index (χ0n) is 25.5. The molecule has 0 aliphatic rings. The fraction of sp³-hybridized carbons (Fsp3) is 0.118. The van der Waals surface area contributed by atoms with E-state index in [9.17, 15) is 24.3 Å². The highest BCUT2D eigenvalue weighted by molar-refractivity contribution is 8.00. The Hall–Kier alpha value is -5.46. The van der Waals surface area contributed by atoms with Gasteiger partial charge in [-0.15, -0.1) is 11.8 Å². The van der Waals surface area contributed by atoms with Crippen LogP contribution >= 0.6 is 23.4 Å². The molecule has 242 valence electrons. The molecule has 0 spiro atoms. The number of amides is 3. The molecule has 47 heavy (non-hydrogen) atoms. The summed E-state index contributed by atoms with van der Waals surface area (Å²) in [5, 5.41) is 17.5. The lowest BCUT2D eigenvalue weighted by atomic mass is 10.1. The number of rotatable bonds is 13. The molecule has 0 fully saturated rings. The van der Waals surface area contributed by atoms with Gasteiger partial charge >= 0.3 is 5.97 Å². The van der Waals surface area contributed by atoms with Crippen molar-refractivity contribution >= 4 is 64.5 Å². The van der Waals surface area contributed by atoms with Crippen LogP contribution in [0.4, 0.5) is 11.4 Å². The summed E-state index contributed by atoms with van der Waals surface area (Å²) < 4.78 is 16.3. The molecule has 4 aromatic carbocycles. The summed E-state index contributed by atoms with van der Waals surface area (Å²) in [6, 6.07) is 22.5. The SMILES string of the molecule is COc1cc(OC)c(OC)cc1/C=C(/NC(=O)c1ccccc1)C(=O)Nc1cccc(SCC(=O)Nc2cc(C(=O)O)ccc2Cl)c1. The van der Waals surface area contributed by atoms with E-state index in [-0.39, 0.29) is 27.7 Å². The number of methoxy groups -OCH3 is 3. The standard InChI is InChI=1S/C34H30ClN3O8S/c1-44-28-18-30(46-3)29(45-2)16-22(28)15-27(38-32(40)20-8-5-4-6-9-20)33(41)36-23-10-7-11-24(17-23)47-19-31(39)37-26-14-21(34(42)43)12-13-25(26)35/h4-18H,19H2,1-3H3,(H,36,41)(H,37,39)(H,38,40)(H,42,43)/b27-15+. The quantitative estimate of drug-likeness (QED) is 0.0958. The van der Waals surface area contributed by atoms with Crippen molar-refractivity contribution in [3.8, 4) is 17.2 Å². The largest absolute Gasteiger partial charge is 0.496 e. The molecule has 0 aliphatic carbocycles. The first-order valence-corrected chi connectivity index (χ1v) is 15.2. The van der Waals surface area contributed by atoms with E-state index in [1.165, 1.54) is 57.4 Å². The van der Waals surface area contributed by atoms with Gasteiger partial charge in [-0.1, -0.05) is 35.9 Å². The molecule has 0 aliphatic heterocycles. The summed E-state index contributed by atoms with van der Waals surface area (Å²) in [5.41, 5.74) is 1.27. The fourth-order valence-electron chi connectivity index (χ4n) is 4.21. The van der Waals surface area contributed by atoms with E-state index in [0.29, 0.717) is 39.0 Å². The smallest absolute Gasteiger partial charge is 0.335 e. The topological polar surface area (TPSA) is 152 Å². The summed E-state index contributed by atoms with van der Waals surface area (Å²) in [6.07, 6.45) is 1.46. The first-order chi connectivity index (χ1) is 22.6. The van der Waals surface area contributed by atoms with Gasteiger partial charge in [0.1, 0.15) is 11.4 Å². The van der Waals surface area contributed by atoms with E-state index >= 15 is 0 Å². The van der Waals surface area contributed by atoms with Crippen LogP contribution in [0, 0.1) is 0 Å². The third-order valence-electron chi connectivity index (χ3n) is 6.51. The average molecular weight is 676 g/mol. The fourth-order valence-corrected chi connectivity index (χ4v) is 5.13. The highest BCUT2D eigenvalue weighted by atomic mass is 35.5. The lowest BCUT2D eigenvalue weighted by Crippen LogP contribution is -2.30. The third-order valence-corrected chi connectivity index (χ3v) is 7.84. The number of benzene rings is 4. The van der Waals surface area contributed by atoms with Crippen LogP contribution in [0.2, 0.25) is 5.02 Å². The minimum absolute atomic E-state index is 0.0151. The number of anilines is 2. The van der Waals surface area contributed by atoms with Crippen molar-refractivity contribution in [1.29, 1.82) is 0 Å². The van der Waals surface area contributed by atoms with Crippen molar-refractivity contribution in [2.45, 2.75) is 4.90 Å². The molecule has 13 heteroatoms. The Kier molecular flexibility index (Phi) is 11.9. The number of thioether (sulfide) groups is 1. The van der Waals surface area contributed by atoms with Gasteiger partial charge in [0, 0.05) is 27.8 Å². The number of carboxylic acid groups (broad SMARTS) is 1. The van der Waals surface area contributed by atoms with Gasteiger partial charge in [-0.3, -0.25) is 14.4 Å². The molecule has 0 heterocycles. The molecule has 0 aromatic heterocycles. The second-order valence-corrected chi connectivity index (χ2v) is 11.1. The Labute approximate surface area is 279 Å². The number of aromatic carboxylic acids is 1. The Morgan fingerprint density at radius 2 is 1.49 bits per heavy atom. The van der Waals surface area contributed by atoms with Gasteiger partial charge in [0.25, 0.3) is 11.8 Å². The molecule has 4 rings (SSSR count). The normalized spacial score (nSPS) is 10.9. The zero-order chi connectivity index (χ0) is 33.9. The van der Waals surface area contributed by atoms with E-state index in [4.69, 9.17) is 25.8 Å². The van der Waals surface area contributed by atoms with Crippen LogP contribution in [0.25, 0.3) is 6.08 Å². The monoisotopic (exact) mass is 675 g/mol. The third kappa shape index (κ3) is 9.28. The lowest BCUT2D eigenvalue weighted by Gasteiger charge is -2.15. The molecule has 0 unspecified atom stereocenters. The Morgan fingerprint density at radius 3 is 2.17 bits per heavy atom. The van der Waals surface area contributed by atoms with Crippen LogP contribution in [0.3, 0.4) is 0 Å². The van der Waals surface area contributed by atoms with Crippen LogP contribution in [0.15, 0.2) is 95.5 Å². The summed E-state index contributed by atoms with van der Waals surface area (Å²) in [4.78, 5) is 51.3. The molecule has 11 nitrogen and oxygen atoms in total. The van der Waals surface area contributed by atoms with E-state index < -0.39 is 23.7 Å². The highest BCUT2D eigenvalue weighted by Gasteiger charge is 2.18. The first kappa shape index (κ1) is 34.4. The van der Waals surface area contributed by atoms with Gasteiger partial charge in [-0.25, -0.2) is 4.79 Å². The molecule has 0 radical (unpaired) electrons. The molecule has 0 atom stereocenters. The zero-order valence-corrected chi connectivity index (χ0v) is 27.0. The minimum Gasteiger partial charge on any atom is -0.496 e. The number of halogens is 1. The number of nitrogens with one attached hydrogen (secondary N) is 3. The lowest BCUT2D eigenvalue weighted by molar-refractivity contribution is -0.114. The summed E-state index contributed by atoms with van der Waals surface area (Å²) in [7, 11) is 4.43. The van der Waals surface area contributed by atoms with Gasteiger partial charge in [0.05, 0.1) is 43.4 Å². The van der Waals surface area contributed by atoms with Gasteiger partial charge < -0.3 is 35.3 Å². The van der Waals surface area contributed by atoms with Crippen LogP contribution in [0.1, 0.15) is 26.3 Å². The van der Waals surface area contributed by atoms with E-state index in [2.05, 4.69) is 16.0 Å². The summed E-state index contributed by atoms with van der Waals surface area (Å²) in [5.74, 6) is -1.54. The van der Waals surface area contributed by atoms with Gasteiger partial charge in [-0.2, -0.15) is 0 Å². The molecule has 0 bridgehead atoms. The van der Waals surface area contributed by atoms with Crippen molar-refractivity contribution in [2.24, 2.45) is 0 Å². The van der Waals surface area contributed by atoms with Crippen LogP contribution in [-0.2, 0) is 9.59 Å². The Morgan fingerprint density at radius 1 is 0.787 bits per heavy atom. The summed E-state index contributed by atoms with van der Waals surface area (Å²) in [6.45, 7) is 0. The van der Waals surface area contributed by atoms with Crippen molar-refractivity contribution in [3.63, 3.8) is 0 Å². The first-order valence-electron chi connectivity index (χ1n) is 13.9. The van der Waals surface area contributed by atoms with Gasteiger partial charge in [0.2, 0.25) is 5.91 Å². The van der Waals surface area contributed by atoms with Crippen molar-refractivity contribution < 1.29 is 38.5 Å². The Bertz CT molecular complexity index is 1830. The van der Waals surface area contributed by atoms with Crippen molar-refractivity contribution in [2.75, 3.05) is 37.7 Å². The molecule has 4 aromatic rings. The van der Waals surface area contributed by atoms with Gasteiger partial charge in [0.15, 0.2) is 11.5 Å². The van der Waals surface area contributed by atoms with E-state index in [0.717, 1.165) is 0 Å². The number of carboxylic acids is 1. The molecular weight excluding hydrogens is 646 g/mol. The van der Waals surface area contributed by atoms with Crippen molar-refractivity contribution in [3.05, 3.63) is 112 Å². The predicted molar refractivity (Wildman–Crippen MR) is 181 cm³/mol. The van der Waals surface area contributed by atoms with E-state index in [1.807, 2.05) is 0 Å². The highest BCUT2D eigenvalue weighted by Crippen LogP contribution is 2.36. The number of carbonyl (C=O) groups excluding carboxylic acids is 3. The molecule has 0 saturated heterocycles. The number of carbonyl (C=O) groups is 4. The van der Waals surface area contributed by atoms with Crippen LogP contribution < -0.4 is 30.2 Å². The van der Waals surface area contributed by atoms with Crippen molar-refractivity contribution in [1.82, 2.24) is 5.32 Å². The summed E-state index contributed by atoms with van der Waals surface area (Å²) >= 11 is 7.30. The number of hydrogen-bond acceptors (Lipinski definition) is 8. The second kappa shape index (κ2) is 16.2. The molecule has 4 N–H and O–H groups in total. The van der Waals surface area contributed by atoms with Crippen LogP contribution in [0.5, 0.6) is 17.2 Å². The number of ether oxygens (including phenoxy) is 3. The van der Waals surface area contributed by atoms with Crippen LogP contribution in [-0.4, -0.2) is 55.9 Å². The predicted octanol–water partition coefficient (Wildman–Crippen LogP) is 6.20.